The van der Waals surface area contributed by atoms with Gasteiger partial charge >= 0.3 is 7.12 Å². The van der Waals surface area contributed by atoms with Crippen LogP contribution in [0.3, 0.4) is 0 Å². The zero-order valence-corrected chi connectivity index (χ0v) is 13.1. The van der Waals surface area contributed by atoms with Crippen molar-refractivity contribution in [3.63, 3.8) is 0 Å². The number of nitrogens with two attached hydrogens (primary N) is 1. The molecule has 5 fully saturated rings. The second-order valence-electron chi connectivity index (χ2n) is 8.53. The Balaban J connectivity index is 1.46. The third kappa shape index (κ3) is 1.71. The van der Waals surface area contributed by atoms with Gasteiger partial charge in [0.15, 0.2) is 0 Å². The van der Waals surface area contributed by atoms with Crippen LogP contribution in [0.2, 0.25) is 0 Å². The van der Waals surface area contributed by atoms with E-state index in [1.807, 2.05) is 0 Å². The Morgan fingerprint density at radius 3 is 2.60 bits per heavy atom. The van der Waals surface area contributed by atoms with E-state index in [1.165, 1.54) is 25.7 Å². The molecule has 5 atom stereocenters. The standard InChI is InChI=1S/C16H28BNO2/c1-15(2)11-8-12(15)16(3)13(9-11)19-17(20-16)14(18)7-10-5-4-6-10/h10-14H,4-9,18H2,1-3H3/t11-,12-,13?,14+,16+/m1/s1. The van der Waals surface area contributed by atoms with Crippen LogP contribution >= 0.6 is 0 Å². The summed E-state index contributed by atoms with van der Waals surface area (Å²) in [5, 5.41) is 0. The fraction of sp³-hybridized carbons (Fsp3) is 1.00. The molecule has 112 valence electrons. The summed E-state index contributed by atoms with van der Waals surface area (Å²) in [6.07, 6.45) is 7.89. The monoisotopic (exact) mass is 277 g/mol. The Labute approximate surface area is 123 Å². The highest BCUT2D eigenvalue weighted by molar-refractivity contribution is 6.47. The van der Waals surface area contributed by atoms with Crippen LogP contribution in [-0.2, 0) is 9.31 Å². The molecule has 2 bridgehead atoms. The van der Waals surface area contributed by atoms with E-state index in [1.54, 1.807) is 0 Å². The average Bonchev–Trinajstić information content (AvgIpc) is 2.70. The SMILES string of the molecule is CC1(C)[C@H]2CC3OB([C@@H](N)CC4CCC4)O[C@@]3(C)[C@@H]1C2. The summed E-state index contributed by atoms with van der Waals surface area (Å²) in [5.41, 5.74) is 6.70. The molecule has 0 radical (unpaired) electrons. The highest BCUT2D eigenvalue weighted by Crippen LogP contribution is 2.65. The van der Waals surface area contributed by atoms with Gasteiger partial charge in [-0.3, -0.25) is 0 Å². The number of rotatable bonds is 3. The first-order chi connectivity index (χ1) is 9.41. The minimum atomic E-state index is -0.166. The minimum Gasteiger partial charge on any atom is -0.404 e. The lowest BCUT2D eigenvalue weighted by Gasteiger charge is -2.64. The van der Waals surface area contributed by atoms with Crippen LogP contribution < -0.4 is 5.73 Å². The lowest BCUT2D eigenvalue weighted by molar-refractivity contribution is -0.199. The van der Waals surface area contributed by atoms with Crippen molar-refractivity contribution in [3.8, 4) is 0 Å². The van der Waals surface area contributed by atoms with Crippen molar-refractivity contribution in [1.82, 2.24) is 0 Å². The van der Waals surface area contributed by atoms with E-state index in [4.69, 9.17) is 15.0 Å². The molecule has 20 heavy (non-hydrogen) atoms. The zero-order chi connectivity index (χ0) is 14.1. The molecule has 0 amide bonds. The van der Waals surface area contributed by atoms with Crippen LogP contribution in [0.15, 0.2) is 0 Å². The Kier molecular flexibility index (Phi) is 2.88. The molecule has 2 N–H and O–H groups in total. The predicted molar refractivity (Wildman–Crippen MR) is 80.0 cm³/mol. The first kappa shape index (κ1) is 13.6. The highest BCUT2D eigenvalue weighted by atomic mass is 16.7. The quantitative estimate of drug-likeness (QED) is 0.807. The molecule has 0 aromatic rings. The molecule has 5 aliphatic rings. The van der Waals surface area contributed by atoms with Crippen LogP contribution in [0.25, 0.3) is 0 Å². The van der Waals surface area contributed by atoms with Gasteiger partial charge in [-0.05, 0) is 49.4 Å². The maximum Gasteiger partial charge on any atom is 0.475 e. The molecule has 4 heteroatoms. The Morgan fingerprint density at radius 1 is 1.25 bits per heavy atom. The van der Waals surface area contributed by atoms with Gasteiger partial charge < -0.3 is 15.0 Å². The van der Waals surface area contributed by atoms with E-state index in [0.717, 1.165) is 24.7 Å². The number of hydrogen-bond donors (Lipinski definition) is 1. The van der Waals surface area contributed by atoms with E-state index in [-0.39, 0.29) is 24.8 Å². The Bertz CT molecular complexity index is 411. The molecule has 1 saturated heterocycles. The molecule has 1 aliphatic heterocycles. The van der Waals surface area contributed by atoms with Crippen molar-refractivity contribution in [2.45, 2.75) is 76.9 Å². The molecule has 0 aromatic carbocycles. The van der Waals surface area contributed by atoms with Crippen molar-refractivity contribution in [1.29, 1.82) is 0 Å². The molecule has 4 aliphatic carbocycles. The molecule has 4 saturated carbocycles. The largest absolute Gasteiger partial charge is 0.475 e. The van der Waals surface area contributed by atoms with Crippen molar-refractivity contribution in [2.75, 3.05) is 0 Å². The Morgan fingerprint density at radius 2 is 2.00 bits per heavy atom. The summed E-state index contributed by atoms with van der Waals surface area (Å²) < 4.78 is 12.7. The van der Waals surface area contributed by atoms with E-state index in [9.17, 15) is 0 Å². The molecule has 3 nitrogen and oxygen atoms in total. The molecule has 0 spiro atoms. The van der Waals surface area contributed by atoms with Crippen molar-refractivity contribution < 1.29 is 9.31 Å². The van der Waals surface area contributed by atoms with Crippen LogP contribution in [0.1, 0.15) is 59.3 Å². The van der Waals surface area contributed by atoms with Gasteiger partial charge in [-0.1, -0.05) is 33.1 Å². The van der Waals surface area contributed by atoms with Crippen LogP contribution in [0, 0.1) is 23.2 Å². The van der Waals surface area contributed by atoms with E-state index >= 15 is 0 Å². The first-order valence-corrected chi connectivity index (χ1v) is 8.50. The number of hydrogen-bond acceptors (Lipinski definition) is 3. The van der Waals surface area contributed by atoms with Gasteiger partial charge in [0.2, 0.25) is 0 Å². The fourth-order valence-electron chi connectivity index (χ4n) is 5.31. The van der Waals surface area contributed by atoms with Gasteiger partial charge in [-0.25, -0.2) is 0 Å². The Hall–Kier alpha value is -0.0551. The summed E-state index contributed by atoms with van der Waals surface area (Å²) in [6.45, 7) is 7.08. The summed E-state index contributed by atoms with van der Waals surface area (Å²) >= 11 is 0. The van der Waals surface area contributed by atoms with Gasteiger partial charge in [-0.2, -0.15) is 0 Å². The zero-order valence-electron chi connectivity index (χ0n) is 13.1. The molecular weight excluding hydrogens is 249 g/mol. The molecular formula is C16H28BNO2. The maximum absolute atomic E-state index is 6.42. The smallest absolute Gasteiger partial charge is 0.404 e. The van der Waals surface area contributed by atoms with E-state index in [0.29, 0.717) is 11.3 Å². The third-order valence-electron chi connectivity index (χ3n) is 7.15. The van der Waals surface area contributed by atoms with Gasteiger partial charge in [0.05, 0.1) is 11.7 Å². The fourth-order valence-corrected chi connectivity index (χ4v) is 5.31. The minimum absolute atomic E-state index is 0.0584. The predicted octanol–water partition coefficient (Wildman–Crippen LogP) is 2.77. The highest BCUT2D eigenvalue weighted by Gasteiger charge is 2.68. The third-order valence-corrected chi connectivity index (χ3v) is 7.15. The van der Waals surface area contributed by atoms with E-state index < -0.39 is 0 Å². The van der Waals surface area contributed by atoms with E-state index in [2.05, 4.69) is 20.8 Å². The van der Waals surface area contributed by atoms with Crippen LogP contribution in [-0.4, -0.2) is 24.8 Å². The molecule has 5 rings (SSSR count). The van der Waals surface area contributed by atoms with Gasteiger partial charge in [0.1, 0.15) is 0 Å². The maximum atomic E-state index is 6.42. The van der Waals surface area contributed by atoms with Crippen molar-refractivity contribution in [2.24, 2.45) is 28.9 Å². The normalized spacial score (nSPS) is 47.4. The average molecular weight is 277 g/mol. The summed E-state index contributed by atoms with van der Waals surface area (Å²) in [6, 6.07) is 0. The van der Waals surface area contributed by atoms with Gasteiger partial charge in [0.25, 0.3) is 0 Å². The second kappa shape index (κ2) is 4.24. The summed E-state index contributed by atoms with van der Waals surface area (Å²) in [7, 11) is -0.166. The second-order valence-corrected chi connectivity index (χ2v) is 8.53. The summed E-state index contributed by atoms with van der Waals surface area (Å²) in [4.78, 5) is 0. The van der Waals surface area contributed by atoms with Gasteiger partial charge in [0, 0.05) is 5.94 Å². The lowest BCUT2D eigenvalue weighted by Crippen LogP contribution is -2.65. The van der Waals surface area contributed by atoms with Gasteiger partial charge in [-0.15, -0.1) is 0 Å². The van der Waals surface area contributed by atoms with Crippen molar-refractivity contribution in [3.05, 3.63) is 0 Å². The molecule has 1 heterocycles. The lowest BCUT2D eigenvalue weighted by atomic mass is 9.43. The summed E-state index contributed by atoms with van der Waals surface area (Å²) in [5.74, 6) is 2.33. The topological polar surface area (TPSA) is 44.5 Å². The van der Waals surface area contributed by atoms with Crippen molar-refractivity contribution >= 4 is 7.12 Å². The van der Waals surface area contributed by atoms with Crippen LogP contribution in [0.4, 0.5) is 0 Å². The first-order valence-electron chi connectivity index (χ1n) is 8.50. The molecule has 1 unspecified atom stereocenters. The molecule has 0 aromatic heterocycles. The van der Waals surface area contributed by atoms with Crippen LogP contribution in [0.5, 0.6) is 0 Å².